The number of aliphatic hydroxyl groups is 1. The summed E-state index contributed by atoms with van der Waals surface area (Å²) < 4.78 is 2.41. The molecule has 0 amide bonds. The number of hydrogen-bond acceptors (Lipinski definition) is 1. The van der Waals surface area contributed by atoms with Crippen LogP contribution in [-0.4, -0.2) is 5.11 Å². The summed E-state index contributed by atoms with van der Waals surface area (Å²) in [4.78, 5) is 0. The summed E-state index contributed by atoms with van der Waals surface area (Å²) >= 11 is 4.55. The number of halogens is 2. The van der Waals surface area contributed by atoms with Crippen LogP contribution in [0.15, 0.2) is 48.5 Å². The normalized spacial score (nSPS) is 12.4. The Morgan fingerprint density at radius 2 is 1.29 bits per heavy atom. The molecule has 1 atom stereocenters. The predicted molar refractivity (Wildman–Crippen MR) is 87.0 cm³/mol. The van der Waals surface area contributed by atoms with E-state index in [0.717, 1.165) is 11.1 Å². The fourth-order valence-electron chi connectivity index (χ4n) is 1.65. The lowest BCUT2D eigenvalue weighted by atomic mass is 10.0. The van der Waals surface area contributed by atoms with E-state index in [-0.39, 0.29) is 0 Å². The topological polar surface area (TPSA) is 20.2 Å². The third-order valence-corrected chi connectivity index (χ3v) is 4.04. The molecule has 0 aromatic heterocycles. The zero-order valence-corrected chi connectivity index (χ0v) is 13.4. The molecule has 1 nitrogen and oxygen atoms in total. The van der Waals surface area contributed by atoms with Gasteiger partial charge in [0.25, 0.3) is 0 Å². The molecule has 2 aromatic rings. The third-order valence-electron chi connectivity index (χ3n) is 2.60. The van der Waals surface area contributed by atoms with Gasteiger partial charge in [0.15, 0.2) is 0 Å². The average Bonchev–Trinajstić information content (AvgIpc) is 2.33. The van der Waals surface area contributed by atoms with Crippen LogP contribution in [0.5, 0.6) is 0 Å². The first-order chi connectivity index (χ1) is 8.15. The first-order valence-corrected chi connectivity index (χ1v) is 7.49. The lowest BCUT2D eigenvalue weighted by Gasteiger charge is -2.11. The molecule has 0 bridgehead atoms. The highest BCUT2D eigenvalue weighted by Gasteiger charge is 2.08. The molecule has 0 saturated carbocycles. The van der Waals surface area contributed by atoms with Crippen LogP contribution in [-0.2, 0) is 6.42 Å². The van der Waals surface area contributed by atoms with Gasteiger partial charge >= 0.3 is 0 Å². The number of rotatable bonds is 3. The van der Waals surface area contributed by atoms with Crippen LogP contribution in [0.1, 0.15) is 17.2 Å². The minimum atomic E-state index is -0.424. The van der Waals surface area contributed by atoms with E-state index >= 15 is 0 Å². The summed E-state index contributed by atoms with van der Waals surface area (Å²) in [6, 6.07) is 16.3. The van der Waals surface area contributed by atoms with Crippen LogP contribution in [0.2, 0.25) is 0 Å². The van der Waals surface area contributed by atoms with Crippen molar-refractivity contribution >= 4 is 45.2 Å². The molecule has 0 aliphatic heterocycles. The van der Waals surface area contributed by atoms with Gasteiger partial charge in [0.2, 0.25) is 0 Å². The Labute approximate surface area is 129 Å². The number of aliphatic hydroxyl groups excluding tert-OH is 1. The second kappa shape index (κ2) is 6.15. The van der Waals surface area contributed by atoms with E-state index < -0.39 is 6.10 Å². The van der Waals surface area contributed by atoms with Crippen LogP contribution in [0, 0.1) is 7.14 Å². The van der Waals surface area contributed by atoms with E-state index in [2.05, 4.69) is 69.4 Å². The molecule has 0 heterocycles. The zero-order chi connectivity index (χ0) is 12.3. The highest BCUT2D eigenvalue weighted by atomic mass is 127. The van der Waals surface area contributed by atoms with Gasteiger partial charge in [0.05, 0.1) is 6.10 Å². The molecular formula is C14H12I2O. The Kier molecular flexibility index (Phi) is 4.81. The number of benzene rings is 2. The van der Waals surface area contributed by atoms with Crippen molar-refractivity contribution in [3.63, 3.8) is 0 Å². The van der Waals surface area contributed by atoms with Gasteiger partial charge in [-0.2, -0.15) is 0 Å². The van der Waals surface area contributed by atoms with Gasteiger partial charge in [-0.25, -0.2) is 0 Å². The summed E-state index contributed by atoms with van der Waals surface area (Å²) in [7, 11) is 0. The second-order valence-corrected chi connectivity index (χ2v) is 6.39. The van der Waals surface area contributed by atoms with Crippen molar-refractivity contribution in [3.8, 4) is 0 Å². The van der Waals surface area contributed by atoms with Gasteiger partial charge in [-0.1, -0.05) is 24.3 Å². The van der Waals surface area contributed by atoms with Crippen molar-refractivity contribution in [2.75, 3.05) is 0 Å². The van der Waals surface area contributed by atoms with Gasteiger partial charge in [0, 0.05) is 13.6 Å². The van der Waals surface area contributed by atoms with Crippen molar-refractivity contribution < 1.29 is 5.11 Å². The lowest BCUT2D eigenvalue weighted by Crippen LogP contribution is -2.01. The average molecular weight is 450 g/mol. The summed E-state index contributed by atoms with van der Waals surface area (Å²) in [5.41, 5.74) is 2.14. The Balaban J connectivity index is 2.08. The zero-order valence-electron chi connectivity index (χ0n) is 9.11. The molecule has 3 heteroatoms. The first kappa shape index (κ1) is 13.3. The standard InChI is InChI=1S/C14H12I2O/c15-12-5-1-10(2-6-12)9-14(17)11-3-7-13(16)8-4-11/h1-8,14,17H,9H2. The van der Waals surface area contributed by atoms with Crippen molar-refractivity contribution in [2.24, 2.45) is 0 Å². The summed E-state index contributed by atoms with van der Waals surface area (Å²) in [6.07, 6.45) is 0.240. The van der Waals surface area contributed by atoms with Crippen LogP contribution < -0.4 is 0 Å². The summed E-state index contributed by atoms with van der Waals surface area (Å²) in [5, 5.41) is 10.1. The molecule has 0 fully saturated rings. The van der Waals surface area contributed by atoms with Gasteiger partial charge in [-0.15, -0.1) is 0 Å². The Hall–Kier alpha value is -0.140. The van der Waals surface area contributed by atoms with Crippen molar-refractivity contribution in [3.05, 3.63) is 66.8 Å². The van der Waals surface area contributed by atoms with Crippen molar-refractivity contribution in [1.82, 2.24) is 0 Å². The second-order valence-electron chi connectivity index (χ2n) is 3.90. The minimum absolute atomic E-state index is 0.424. The molecule has 1 unspecified atom stereocenters. The fourth-order valence-corrected chi connectivity index (χ4v) is 2.37. The molecule has 0 aliphatic carbocycles. The summed E-state index contributed by atoms with van der Waals surface area (Å²) in [5.74, 6) is 0. The summed E-state index contributed by atoms with van der Waals surface area (Å²) in [6.45, 7) is 0. The first-order valence-electron chi connectivity index (χ1n) is 5.33. The molecule has 17 heavy (non-hydrogen) atoms. The molecule has 2 rings (SSSR count). The Morgan fingerprint density at radius 3 is 1.82 bits per heavy atom. The monoisotopic (exact) mass is 450 g/mol. The van der Waals surface area contributed by atoms with Crippen LogP contribution in [0.25, 0.3) is 0 Å². The van der Waals surface area contributed by atoms with Crippen molar-refractivity contribution in [1.29, 1.82) is 0 Å². The van der Waals surface area contributed by atoms with E-state index in [9.17, 15) is 5.11 Å². The van der Waals surface area contributed by atoms with Crippen LogP contribution in [0.3, 0.4) is 0 Å². The highest BCUT2D eigenvalue weighted by molar-refractivity contribution is 14.1. The van der Waals surface area contributed by atoms with Gasteiger partial charge in [-0.05, 0) is 80.6 Å². The number of hydrogen-bond donors (Lipinski definition) is 1. The van der Waals surface area contributed by atoms with Gasteiger partial charge < -0.3 is 5.11 Å². The molecule has 0 spiro atoms. The maximum Gasteiger partial charge on any atom is 0.0830 e. The Morgan fingerprint density at radius 1 is 0.824 bits per heavy atom. The smallest absolute Gasteiger partial charge is 0.0830 e. The maximum absolute atomic E-state index is 10.1. The van der Waals surface area contributed by atoms with E-state index in [1.807, 2.05) is 24.3 Å². The SMILES string of the molecule is OC(Cc1ccc(I)cc1)c1ccc(I)cc1. The molecular weight excluding hydrogens is 438 g/mol. The molecule has 88 valence electrons. The molecule has 0 saturated heterocycles. The van der Waals surface area contributed by atoms with E-state index in [1.165, 1.54) is 7.14 Å². The van der Waals surface area contributed by atoms with Crippen molar-refractivity contribution in [2.45, 2.75) is 12.5 Å². The molecule has 2 aromatic carbocycles. The van der Waals surface area contributed by atoms with E-state index in [0.29, 0.717) is 6.42 Å². The van der Waals surface area contributed by atoms with Crippen LogP contribution in [0.4, 0.5) is 0 Å². The molecule has 1 N–H and O–H groups in total. The third kappa shape index (κ3) is 3.93. The largest absolute Gasteiger partial charge is 0.388 e. The molecule has 0 radical (unpaired) electrons. The van der Waals surface area contributed by atoms with Gasteiger partial charge in [-0.3, -0.25) is 0 Å². The minimum Gasteiger partial charge on any atom is -0.388 e. The maximum atomic E-state index is 10.1. The van der Waals surface area contributed by atoms with E-state index in [1.54, 1.807) is 0 Å². The van der Waals surface area contributed by atoms with E-state index in [4.69, 9.17) is 0 Å². The quantitative estimate of drug-likeness (QED) is 0.697. The van der Waals surface area contributed by atoms with Gasteiger partial charge in [0.1, 0.15) is 0 Å². The fraction of sp³-hybridized carbons (Fsp3) is 0.143. The Bertz CT molecular complexity index is 477. The predicted octanol–water partition coefficient (Wildman–Crippen LogP) is 4.17. The lowest BCUT2D eigenvalue weighted by molar-refractivity contribution is 0.178. The van der Waals surface area contributed by atoms with Crippen LogP contribution >= 0.6 is 45.2 Å². The molecule has 0 aliphatic rings. The highest BCUT2D eigenvalue weighted by Crippen LogP contribution is 2.20.